The van der Waals surface area contributed by atoms with Gasteiger partial charge >= 0.3 is 5.97 Å². The lowest BCUT2D eigenvalue weighted by atomic mass is 10.2. The van der Waals surface area contributed by atoms with Crippen molar-refractivity contribution in [1.82, 2.24) is 20.2 Å². The molecule has 0 saturated carbocycles. The van der Waals surface area contributed by atoms with Crippen LogP contribution in [0.4, 0.5) is 0 Å². The van der Waals surface area contributed by atoms with Crippen LogP contribution >= 0.6 is 23.2 Å². The molecule has 0 aliphatic rings. The van der Waals surface area contributed by atoms with E-state index in [4.69, 9.17) is 27.9 Å². The first-order valence-corrected chi connectivity index (χ1v) is 6.24. The van der Waals surface area contributed by atoms with Crippen molar-refractivity contribution in [3.05, 3.63) is 28.2 Å². The average Bonchev–Trinajstić information content (AvgIpc) is 2.76. The maximum absolute atomic E-state index is 11.3. The van der Waals surface area contributed by atoms with Crippen LogP contribution in [0.15, 0.2) is 18.2 Å². The van der Waals surface area contributed by atoms with E-state index in [9.17, 15) is 4.79 Å². The number of carbonyl (C=O) groups is 1. The second kappa shape index (κ2) is 5.99. The number of hydrogen-bond donors (Lipinski definition) is 0. The van der Waals surface area contributed by atoms with E-state index in [2.05, 4.69) is 15.4 Å². The van der Waals surface area contributed by atoms with E-state index >= 15 is 0 Å². The molecule has 0 amide bonds. The van der Waals surface area contributed by atoms with Crippen LogP contribution in [-0.4, -0.2) is 32.8 Å². The van der Waals surface area contributed by atoms with Crippen molar-refractivity contribution in [2.24, 2.45) is 0 Å². The minimum Gasteiger partial charge on any atom is -0.465 e. The van der Waals surface area contributed by atoms with Crippen molar-refractivity contribution in [2.45, 2.75) is 13.5 Å². The van der Waals surface area contributed by atoms with Gasteiger partial charge in [0, 0.05) is 15.6 Å². The highest BCUT2D eigenvalue weighted by atomic mass is 35.5. The number of rotatable bonds is 4. The lowest BCUT2D eigenvalue weighted by Crippen LogP contribution is -2.15. The van der Waals surface area contributed by atoms with Gasteiger partial charge in [-0.2, -0.15) is 4.80 Å². The molecule has 2 aromatic rings. The van der Waals surface area contributed by atoms with Crippen molar-refractivity contribution in [3.8, 4) is 11.4 Å². The normalized spacial score (nSPS) is 10.5. The van der Waals surface area contributed by atoms with E-state index in [0.29, 0.717) is 28.0 Å². The molecule has 0 saturated heterocycles. The maximum atomic E-state index is 11.3. The summed E-state index contributed by atoms with van der Waals surface area (Å²) < 4.78 is 4.79. The number of esters is 1. The molecule has 0 unspecified atom stereocenters. The molecule has 1 aromatic carbocycles. The van der Waals surface area contributed by atoms with Crippen molar-refractivity contribution in [1.29, 1.82) is 0 Å². The number of nitrogens with zero attached hydrogens (tertiary/aromatic N) is 4. The molecule has 0 aliphatic heterocycles. The quantitative estimate of drug-likeness (QED) is 0.810. The van der Waals surface area contributed by atoms with Crippen molar-refractivity contribution in [3.63, 3.8) is 0 Å². The number of ether oxygens (including phenoxy) is 1. The van der Waals surface area contributed by atoms with Gasteiger partial charge in [-0.05, 0) is 30.3 Å². The fourth-order valence-corrected chi connectivity index (χ4v) is 1.96. The lowest BCUT2D eigenvalue weighted by Gasteiger charge is -1.99. The Morgan fingerprint density at radius 2 is 2.00 bits per heavy atom. The van der Waals surface area contributed by atoms with Gasteiger partial charge < -0.3 is 4.74 Å². The molecule has 19 heavy (non-hydrogen) atoms. The zero-order valence-electron chi connectivity index (χ0n) is 10.0. The Balaban J connectivity index is 2.18. The summed E-state index contributed by atoms with van der Waals surface area (Å²) in [5.41, 5.74) is 0.632. The molecule has 0 atom stereocenters. The molecular formula is C11H10Cl2N4O2. The Morgan fingerprint density at radius 3 is 2.63 bits per heavy atom. The predicted molar refractivity (Wildman–Crippen MR) is 69.9 cm³/mol. The van der Waals surface area contributed by atoms with Crippen molar-refractivity contribution < 1.29 is 9.53 Å². The van der Waals surface area contributed by atoms with E-state index in [1.165, 1.54) is 0 Å². The summed E-state index contributed by atoms with van der Waals surface area (Å²) in [4.78, 5) is 12.4. The summed E-state index contributed by atoms with van der Waals surface area (Å²) in [6.07, 6.45) is 0. The fourth-order valence-electron chi connectivity index (χ4n) is 1.43. The summed E-state index contributed by atoms with van der Waals surface area (Å²) in [5.74, 6) is -0.0794. The van der Waals surface area contributed by atoms with Crippen LogP contribution in [0.3, 0.4) is 0 Å². The summed E-state index contributed by atoms with van der Waals surface area (Å²) in [6, 6.07) is 4.94. The Bertz CT molecular complexity index is 580. The molecule has 0 N–H and O–H groups in total. The second-order valence-electron chi connectivity index (χ2n) is 3.61. The smallest absolute Gasteiger partial charge is 0.329 e. The van der Waals surface area contributed by atoms with Gasteiger partial charge in [-0.25, -0.2) is 4.79 Å². The number of hydrogen-bond acceptors (Lipinski definition) is 5. The molecule has 1 aromatic heterocycles. The van der Waals surface area contributed by atoms with Crippen LogP contribution in [-0.2, 0) is 16.1 Å². The summed E-state index contributed by atoms with van der Waals surface area (Å²) in [5, 5.41) is 12.6. The summed E-state index contributed by atoms with van der Waals surface area (Å²) >= 11 is 11.8. The number of halogens is 2. The molecule has 100 valence electrons. The van der Waals surface area contributed by atoms with Gasteiger partial charge in [0.2, 0.25) is 5.82 Å². The van der Waals surface area contributed by atoms with E-state index in [0.717, 1.165) is 4.80 Å². The van der Waals surface area contributed by atoms with Crippen LogP contribution < -0.4 is 0 Å². The SMILES string of the molecule is CCOC(=O)Cn1nnc(-c2cc(Cl)cc(Cl)c2)n1. The van der Waals surface area contributed by atoms with Gasteiger partial charge in [0.25, 0.3) is 0 Å². The Labute approximate surface area is 119 Å². The number of benzene rings is 1. The predicted octanol–water partition coefficient (Wildman–Crippen LogP) is 2.21. The third kappa shape index (κ3) is 3.65. The first-order valence-electron chi connectivity index (χ1n) is 5.48. The Hall–Kier alpha value is -1.66. The van der Waals surface area contributed by atoms with Gasteiger partial charge in [-0.3, -0.25) is 0 Å². The molecule has 0 spiro atoms. The van der Waals surface area contributed by atoms with Crippen LogP contribution in [0, 0.1) is 0 Å². The van der Waals surface area contributed by atoms with Gasteiger partial charge in [0.05, 0.1) is 6.61 Å². The van der Waals surface area contributed by atoms with E-state index in [1.54, 1.807) is 25.1 Å². The molecule has 0 radical (unpaired) electrons. The third-order valence-corrected chi connectivity index (χ3v) is 2.59. The van der Waals surface area contributed by atoms with Gasteiger partial charge in [-0.15, -0.1) is 10.2 Å². The molecule has 0 aliphatic carbocycles. The monoisotopic (exact) mass is 300 g/mol. The fraction of sp³-hybridized carbons (Fsp3) is 0.273. The molecule has 8 heteroatoms. The van der Waals surface area contributed by atoms with Gasteiger partial charge in [0.1, 0.15) is 0 Å². The summed E-state index contributed by atoms with van der Waals surface area (Å²) in [6.45, 7) is 1.95. The third-order valence-electron chi connectivity index (χ3n) is 2.15. The van der Waals surface area contributed by atoms with Crippen LogP contribution in [0.1, 0.15) is 6.92 Å². The molecule has 1 heterocycles. The largest absolute Gasteiger partial charge is 0.465 e. The topological polar surface area (TPSA) is 69.9 Å². The van der Waals surface area contributed by atoms with Crippen molar-refractivity contribution in [2.75, 3.05) is 6.61 Å². The molecule has 0 bridgehead atoms. The van der Waals surface area contributed by atoms with E-state index < -0.39 is 5.97 Å². The van der Waals surface area contributed by atoms with Gasteiger partial charge in [-0.1, -0.05) is 23.2 Å². The highest BCUT2D eigenvalue weighted by Gasteiger charge is 2.10. The highest BCUT2D eigenvalue weighted by molar-refractivity contribution is 6.35. The highest BCUT2D eigenvalue weighted by Crippen LogP contribution is 2.24. The van der Waals surface area contributed by atoms with Crippen molar-refractivity contribution >= 4 is 29.2 Å². The average molecular weight is 301 g/mol. The second-order valence-corrected chi connectivity index (χ2v) is 4.48. The Kier molecular flexibility index (Phi) is 4.34. The number of carbonyl (C=O) groups excluding carboxylic acids is 1. The lowest BCUT2D eigenvalue weighted by molar-refractivity contribution is -0.144. The number of tetrazole rings is 1. The van der Waals surface area contributed by atoms with Gasteiger partial charge in [0.15, 0.2) is 6.54 Å². The summed E-state index contributed by atoms with van der Waals surface area (Å²) in [7, 11) is 0. The minimum absolute atomic E-state index is 0.0882. The van der Waals surface area contributed by atoms with E-state index in [1.807, 2.05) is 0 Å². The first kappa shape index (κ1) is 13.8. The standard InChI is InChI=1S/C11H10Cl2N4O2/c1-2-19-10(18)6-17-15-11(14-16-17)7-3-8(12)5-9(13)4-7/h3-5H,2,6H2,1H3. The first-order chi connectivity index (χ1) is 9.08. The van der Waals surface area contributed by atoms with Crippen LogP contribution in [0.25, 0.3) is 11.4 Å². The zero-order chi connectivity index (χ0) is 13.8. The molecule has 0 fully saturated rings. The Morgan fingerprint density at radius 1 is 1.32 bits per heavy atom. The number of aromatic nitrogens is 4. The van der Waals surface area contributed by atoms with Crippen LogP contribution in [0.2, 0.25) is 10.0 Å². The van der Waals surface area contributed by atoms with E-state index in [-0.39, 0.29) is 6.54 Å². The zero-order valence-corrected chi connectivity index (χ0v) is 11.5. The molecule has 2 rings (SSSR count). The maximum Gasteiger partial charge on any atom is 0.329 e. The van der Waals surface area contributed by atoms with Crippen LogP contribution in [0.5, 0.6) is 0 Å². The minimum atomic E-state index is -0.421. The molecular weight excluding hydrogens is 291 g/mol. The molecule has 6 nitrogen and oxygen atoms in total.